The van der Waals surface area contributed by atoms with Gasteiger partial charge in [0.1, 0.15) is 23.8 Å². The van der Waals surface area contributed by atoms with E-state index >= 15 is 0 Å². The molecule has 0 radical (unpaired) electrons. The number of nitrogens with zero attached hydrogens (tertiary/aromatic N) is 1. The third-order valence-corrected chi connectivity index (χ3v) is 4.41. The van der Waals surface area contributed by atoms with Gasteiger partial charge in [0.05, 0.1) is 6.54 Å². The molecular formula is C18H13F2NO2. The molecule has 2 aromatic rings. The van der Waals surface area contributed by atoms with Crippen molar-refractivity contribution in [3.63, 3.8) is 0 Å². The van der Waals surface area contributed by atoms with Crippen LogP contribution in [0, 0.1) is 11.6 Å². The van der Waals surface area contributed by atoms with Gasteiger partial charge in [0.25, 0.3) is 0 Å². The van der Waals surface area contributed by atoms with E-state index in [0.29, 0.717) is 5.57 Å². The van der Waals surface area contributed by atoms with Crippen LogP contribution in [0.15, 0.2) is 54.6 Å². The molecule has 4 rings (SSSR count). The van der Waals surface area contributed by atoms with Crippen molar-refractivity contribution in [2.75, 3.05) is 13.2 Å². The number of ether oxygens (including phenoxy) is 1. The number of halogens is 2. The lowest BCUT2D eigenvalue weighted by Crippen LogP contribution is -2.39. The number of hydrogen-bond acceptors (Lipinski definition) is 2. The van der Waals surface area contributed by atoms with E-state index in [1.807, 2.05) is 36.4 Å². The van der Waals surface area contributed by atoms with Crippen molar-refractivity contribution in [3.05, 3.63) is 77.4 Å². The predicted molar refractivity (Wildman–Crippen MR) is 80.5 cm³/mol. The first-order valence-corrected chi connectivity index (χ1v) is 7.27. The van der Waals surface area contributed by atoms with Crippen LogP contribution in [-0.2, 0) is 10.3 Å². The van der Waals surface area contributed by atoms with E-state index in [4.69, 9.17) is 4.74 Å². The van der Waals surface area contributed by atoms with Crippen molar-refractivity contribution >= 4 is 11.7 Å². The highest BCUT2D eigenvalue weighted by molar-refractivity contribution is 5.82. The van der Waals surface area contributed by atoms with Crippen LogP contribution in [0.2, 0.25) is 0 Å². The molecule has 23 heavy (non-hydrogen) atoms. The molecule has 0 aliphatic carbocycles. The van der Waals surface area contributed by atoms with E-state index in [-0.39, 0.29) is 18.7 Å². The molecule has 116 valence electrons. The van der Waals surface area contributed by atoms with Gasteiger partial charge in [0.2, 0.25) is 0 Å². The monoisotopic (exact) mass is 313 g/mol. The third-order valence-electron chi connectivity index (χ3n) is 4.41. The van der Waals surface area contributed by atoms with E-state index in [0.717, 1.165) is 23.8 Å². The maximum absolute atomic E-state index is 14.1. The van der Waals surface area contributed by atoms with Gasteiger partial charge >= 0.3 is 6.09 Å². The van der Waals surface area contributed by atoms with Crippen LogP contribution in [0.1, 0.15) is 11.1 Å². The van der Waals surface area contributed by atoms with Crippen LogP contribution in [0.4, 0.5) is 13.6 Å². The van der Waals surface area contributed by atoms with Crippen molar-refractivity contribution in [1.82, 2.24) is 4.90 Å². The van der Waals surface area contributed by atoms with Crippen molar-refractivity contribution in [2.45, 2.75) is 5.54 Å². The zero-order valence-corrected chi connectivity index (χ0v) is 12.1. The lowest BCUT2D eigenvalue weighted by atomic mass is 9.90. The normalized spacial score (nSPS) is 22.8. The fourth-order valence-corrected chi connectivity index (χ4v) is 3.28. The van der Waals surface area contributed by atoms with Crippen LogP contribution in [-0.4, -0.2) is 24.1 Å². The van der Waals surface area contributed by atoms with E-state index in [9.17, 15) is 13.6 Å². The molecule has 0 saturated carbocycles. The molecule has 2 aliphatic rings. The molecule has 0 unspecified atom stereocenters. The average molecular weight is 313 g/mol. The minimum absolute atomic E-state index is 0.163. The number of amides is 1. The van der Waals surface area contributed by atoms with Gasteiger partial charge in [0, 0.05) is 5.56 Å². The molecule has 0 spiro atoms. The Kier molecular flexibility index (Phi) is 2.98. The number of benzene rings is 2. The van der Waals surface area contributed by atoms with Gasteiger partial charge in [-0.25, -0.2) is 13.6 Å². The Labute approximate surface area is 131 Å². The summed E-state index contributed by atoms with van der Waals surface area (Å²) in [7, 11) is 0. The molecule has 0 N–H and O–H groups in total. The second-order valence-electron chi connectivity index (χ2n) is 5.72. The quantitative estimate of drug-likeness (QED) is 0.846. The fraction of sp³-hybridized carbons (Fsp3) is 0.167. The lowest BCUT2D eigenvalue weighted by Gasteiger charge is -2.27. The van der Waals surface area contributed by atoms with E-state index < -0.39 is 23.3 Å². The van der Waals surface area contributed by atoms with Gasteiger partial charge in [-0.2, -0.15) is 0 Å². The Morgan fingerprint density at radius 1 is 1.09 bits per heavy atom. The summed E-state index contributed by atoms with van der Waals surface area (Å²) in [5, 5.41) is 0. The molecule has 3 nitrogen and oxygen atoms in total. The number of fused-ring (bicyclic) bond motifs is 1. The second-order valence-corrected chi connectivity index (χ2v) is 5.72. The molecule has 1 saturated heterocycles. The second kappa shape index (κ2) is 4.91. The van der Waals surface area contributed by atoms with Crippen LogP contribution >= 0.6 is 0 Å². The summed E-state index contributed by atoms with van der Waals surface area (Å²) >= 11 is 0. The molecule has 2 aliphatic heterocycles. The largest absolute Gasteiger partial charge is 0.446 e. The zero-order valence-electron chi connectivity index (χ0n) is 12.1. The fourth-order valence-electron chi connectivity index (χ4n) is 3.28. The zero-order chi connectivity index (χ0) is 16.0. The first-order valence-electron chi connectivity index (χ1n) is 7.27. The van der Waals surface area contributed by atoms with Gasteiger partial charge in [-0.05, 0) is 35.4 Å². The number of rotatable bonds is 2. The Morgan fingerprint density at radius 2 is 1.87 bits per heavy atom. The predicted octanol–water partition coefficient (Wildman–Crippen LogP) is 3.71. The van der Waals surface area contributed by atoms with Crippen LogP contribution < -0.4 is 0 Å². The Morgan fingerprint density at radius 3 is 2.65 bits per heavy atom. The van der Waals surface area contributed by atoms with Crippen LogP contribution in [0.3, 0.4) is 0 Å². The molecule has 0 aromatic heterocycles. The Balaban J connectivity index is 1.86. The third kappa shape index (κ3) is 2.04. The molecule has 1 amide bonds. The molecule has 2 heterocycles. The molecule has 0 bridgehead atoms. The average Bonchev–Trinajstić information content (AvgIpc) is 3.09. The minimum Gasteiger partial charge on any atom is -0.446 e. The first-order chi connectivity index (χ1) is 11.1. The summed E-state index contributed by atoms with van der Waals surface area (Å²) in [5.74, 6) is -1.01. The highest BCUT2D eigenvalue weighted by atomic mass is 19.1. The van der Waals surface area contributed by atoms with Crippen molar-refractivity contribution in [3.8, 4) is 0 Å². The van der Waals surface area contributed by atoms with Crippen LogP contribution in [0.25, 0.3) is 5.57 Å². The summed E-state index contributed by atoms with van der Waals surface area (Å²) in [4.78, 5) is 13.6. The van der Waals surface area contributed by atoms with E-state index in [1.165, 1.54) is 0 Å². The van der Waals surface area contributed by atoms with Gasteiger partial charge < -0.3 is 4.74 Å². The Hall–Kier alpha value is -2.69. The number of carbonyl (C=O) groups excluding carboxylic acids is 1. The summed E-state index contributed by atoms with van der Waals surface area (Å²) < 4.78 is 32.8. The van der Waals surface area contributed by atoms with Crippen LogP contribution in [0.5, 0.6) is 0 Å². The van der Waals surface area contributed by atoms with Gasteiger partial charge in [-0.15, -0.1) is 0 Å². The number of hydrogen-bond donors (Lipinski definition) is 0. The number of cyclic esters (lactones) is 1. The highest BCUT2D eigenvalue weighted by Gasteiger charge is 2.51. The summed E-state index contributed by atoms with van der Waals surface area (Å²) in [5.41, 5.74) is 0.898. The molecule has 1 atom stereocenters. The van der Waals surface area contributed by atoms with Crippen molar-refractivity contribution in [1.29, 1.82) is 0 Å². The molecular weight excluding hydrogens is 300 g/mol. The standard InChI is InChI=1S/C18H13F2NO2/c19-14-6-7-16(20)15(8-14)12-9-18(13-4-2-1-3-5-13)11-23-17(22)21(18)10-12/h1-9H,10-11H2/t18-/m1/s1. The van der Waals surface area contributed by atoms with Crippen molar-refractivity contribution in [2.24, 2.45) is 0 Å². The first kappa shape index (κ1) is 13.9. The Bertz CT molecular complexity index is 819. The van der Waals surface area contributed by atoms with Crippen molar-refractivity contribution < 1.29 is 18.3 Å². The SMILES string of the molecule is O=C1OC[C@@]2(c3ccccc3)C=C(c3cc(F)ccc3F)CN12. The number of carbonyl (C=O) groups is 1. The van der Waals surface area contributed by atoms with E-state index in [1.54, 1.807) is 4.90 Å². The van der Waals surface area contributed by atoms with Gasteiger partial charge in [0.15, 0.2) is 0 Å². The van der Waals surface area contributed by atoms with Gasteiger partial charge in [-0.1, -0.05) is 30.3 Å². The molecule has 5 heteroatoms. The maximum atomic E-state index is 14.1. The summed E-state index contributed by atoms with van der Waals surface area (Å²) in [6, 6.07) is 12.8. The smallest absolute Gasteiger partial charge is 0.411 e. The molecule has 2 aromatic carbocycles. The summed E-state index contributed by atoms with van der Waals surface area (Å²) in [6.07, 6.45) is 1.36. The minimum atomic E-state index is -0.758. The van der Waals surface area contributed by atoms with Gasteiger partial charge in [-0.3, -0.25) is 4.90 Å². The molecule has 1 fully saturated rings. The van der Waals surface area contributed by atoms with E-state index in [2.05, 4.69) is 0 Å². The topological polar surface area (TPSA) is 29.5 Å². The lowest BCUT2D eigenvalue weighted by molar-refractivity contribution is 0.161. The summed E-state index contributed by atoms with van der Waals surface area (Å²) in [6.45, 7) is 0.352. The maximum Gasteiger partial charge on any atom is 0.411 e. The highest BCUT2D eigenvalue weighted by Crippen LogP contribution is 2.44.